The van der Waals surface area contributed by atoms with E-state index in [0.717, 1.165) is 19.3 Å². The van der Waals surface area contributed by atoms with Crippen LogP contribution >= 0.6 is 11.3 Å². The molecule has 3 aromatic heterocycles. The van der Waals surface area contributed by atoms with E-state index in [1.807, 2.05) is 22.9 Å². The van der Waals surface area contributed by atoms with E-state index in [0.29, 0.717) is 29.7 Å². The molecule has 260 valence electrons. The minimum Gasteiger partial charge on any atom is -0.479 e. The third-order valence-electron chi connectivity index (χ3n) is 9.13. The number of carbonyl (C=O) groups excluding carboxylic acids is 3. The molecule has 1 aliphatic carbocycles. The zero-order valence-corrected chi connectivity index (χ0v) is 28.4. The van der Waals surface area contributed by atoms with E-state index in [2.05, 4.69) is 25.8 Å². The van der Waals surface area contributed by atoms with Crippen molar-refractivity contribution in [3.8, 4) is 16.8 Å². The van der Waals surface area contributed by atoms with Gasteiger partial charge in [-0.05, 0) is 63.3 Å². The predicted molar refractivity (Wildman–Crippen MR) is 178 cm³/mol. The van der Waals surface area contributed by atoms with Crippen molar-refractivity contribution >= 4 is 35.2 Å². The normalized spacial score (nSPS) is 26.8. The summed E-state index contributed by atoms with van der Waals surface area (Å²) < 4.78 is 8.18. The summed E-state index contributed by atoms with van der Waals surface area (Å²) in [5.74, 6) is -2.71. The molecule has 3 aromatic rings. The molecule has 6 rings (SSSR count). The van der Waals surface area contributed by atoms with E-state index in [9.17, 15) is 29.1 Å². The number of thiophene rings is 1. The van der Waals surface area contributed by atoms with Gasteiger partial charge in [-0.25, -0.2) is 23.9 Å². The first-order chi connectivity index (χ1) is 23.4. The Balaban J connectivity index is 1.38. The van der Waals surface area contributed by atoms with Crippen molar-refractivity contribution in [2.45, 2.75) is 95.0 Å². The highest BCUT2D eigenvalue weighted by molar-refractivity contribution is 7.08. The van der Waals surface area contributed by atoms with E-state index in [1.54, 1.807) is 26.8 Å². The summed E-state index contributed by atoms with van der Waals surface area (Å²) in [6, 6.07) is -1.10. The molecule has 2 aliphatic heterocycles. The maximum absolute atomic E-state index is 14.4. The number of carbonyl (C=O) groups is 4. The van der Waals surface area contributed by atoms with Crippen molar-refractivity contribution in [2.75, 3.05) is 6.54 Å². The molecule has 0 spiro atoms. The third kappa shape index (κ3) is 7.14. The fraction of sp³-hybridized carbons (Fsp3) is 0.515. The number of hydrogen-bond donors (Lipinski definition) is 3. The monoisotopic (exact) mass is 692 g/mol. The van der Waals surface area contributed by atoms with Gasteiger partial charge < -0.3 is 25.4 Å². The van der Waals surface area contributed by atoms with Gasteiger partial charge in [0, 0.05) is 24.4 Å². The van der Waals surface area contributed by atoms with Crippen LogP contribution in [0.4, 0.5) is 4.79 Å². The van der Waals surface area contributed by atoms with Gasteiger partial charge in [-0.15, -0.1) is 0 Å². The second kappa shape index (κ2) is 13.6. The van der Waals surface area contributed by atoms with Crippen LogP contribution in [0.1, 0.15) is 71.8 Å². The molecule has 3 amide bonds. The largest absolute Gasteiger partial charge is 0.479 e. The third-order valence-corrected chi connectivity index (χ3v) is 9.82. The molecule has 0 aromatic carbocycles. The smallest absolute Gasteiger partial charge is 0.408 e. The topological polar surface area (TPSA) is 191 Å². The van der Waals surface area contributed by atoms with Crippen LogP contribution in [0, 0.1) is 5.92 Å². The number of nitrogens with one attached hydrogen (secondary N) is 2. The molecule has 2 fully saturated rings. The molecule has 5 atom stereocenters. The Labute approximate surface area is 286 Å². The second-order valence-electron chi connectivity index (χ2n) is 13.7. The van der Waals surface area contributed by atoms with Crippen LogP contribution in [-0.2, 0) is 19.1 Å². The highest BCUT2D eigenvalue weighted by atomic mass is 32.1. The van der Waals surface area contributed by atoms with Gasteiger partial charge in [0.25, 0.3) is 5.56 Å². The molecule has 1 saturated carbocycles. The molecule has 16 heteroatoms. The number of amides is 3. The van der Waals surface area contributed by atoms with Gasteiger partial charge in [-0.2, -0.15) is 21.5 Å². The number of ether oxygens (including phenoxy) is 1. The van der Waals surface area contributed by atoms with Crippen LogP contribution in [0.15, 0.2) is 52.6 Å². The number of rotatable bonds is 5. The van der Waals surface area contributed by atoms with Crippen molar-refractivity contribution in [3.05, 3.63) is 58.2 Å². The van der Waals surface area contributed by atoms with Crippen LogP contribution in [-0.4, -0.2) is 88.2 Å². The first-order valence-electron chi connectivity index (χ1n) is 16.4. The highest BCUT2D eigenvalue weighted by Gasteiger charge is 2.61. The first-order valence-corrected chi connectivity index (χ1v) is 17.3. The summed E-state index contributed by atoms with van der Waals surface area (Å²) in [6.45, 7) is 5.08. The molecule has 3 N–H and O–H groups in total. The fourth-order valence-corrected chi connectivity index (χ4v) is 7.25. The summed E-state index contributed by atoms with van der Waals surface area (Å²) in [4.78, 5) is 73.3. The van der Waals surface area contributed by atoms with Gasteiger partial charge in [0.2, 0.25) is 11.8 Å². The lowest BCUT2D eigenvalue weighted by Gasteiger charge is -2.30. The van der Waals surface area contributed by atoms with Crippen LogP contribution in [0.25, 0.3) is 16.8 Å². The van der Waals surface area contributed by atoms with Gasteiger partial charge in [-0.3, -0.25) is 14.4 Å². The SMILES string of the molecule is CC(C)(C)OC(=O)N[C@H]1CCCCC/C=C\[C@H]2C[C@@]2(C(=O)O)NC(=O)[C@@H]2C[C@@H](n3ncc(-n4cncn4)c(-c4ccsc4)c3=O)CN2C1=O. The average Bonchev–Trinajstić information content (AvgIpc) is 3.56. The molecule has 15 nitrogen and oxygen atoms in total. The maximum atomic E-state index is 14.4. The van der Waals surface area contributed by atoms with Crippen LogP contribution < -0.4 is 16.2 Å². The molecule has 3 aliphatic rings. The number of hydrogen-bond acceptors (Lipinski definition) is 10. The second-order valence-corrected chi connectivity index (χ2v) is 14.5. The lowest BCUT2D eigenvalue weighted by Crippen LogP contribution is -2.56. The van der Waals surface area contributed by atoms with Gasteiger partial charge >= 0.3 is 12.1 Å². The minimum absolute atomic E-state index is 0.00834. The molecule has 1 saturated heterocycles. The lowest BCUT2D eigenvalue weighted by molar-refractivity contribution is -0.145. The van der Waals surface area contributed by atoms with E-state index in [-0.39, 0.29) is 25.3 Å². The van der Waals surface area contributed by atoms with Crippen molar-refractivity contribution in [1.29, 1.82) is 0 Å². The maximum Gasteiger partial charge on any atom is 0.408 e. The Morgan fingerprint density at radius 3 is 2.67 bits per heavy atom. The molecule has 0 bridgehead atoms. The number of allylic oxidation sites excluding steroid dienone is 1. The number of nitrogens with zero attached hydrogens (tertiary/aromatic N) is 6. The Bertz CT molecular complexity index is 1800. The number of aromatic nitrogens is 5. The van der Waals surface area contributed by atoms with Gasteiger partial charge in [0.05, 0.1) is 23.5 Å². The summed E-state index contributed by atoms with van der Waals surface area (Å²) >= 11 is 1.42. The van der Waals surface area contributed by atoms with E-state index in [4.69, 9.17) is 4.74 Å². The van der Waals surface area contributed by atoms with Gasteiger partial charge in [-0.1, -0.05) is 25.0 Å². The summed E-state index contributed by atoms with van der Waals surface area (Å²) in [5, 5.41) is 28.0. The number of alkyl carbamates (subject to hydrolysis) is 1. The zero-order chi connectivity index (χ0) is 34.9. The van der Waals surface area contributed by atoms with Crippen LogP contribution in [0.2, 0.25) is 0 Å². The average molecular weight is 693 g/mol. The zero-order valence-electron chi connectivity index (χ0n) is 27.6. The Morgan fingerprint density at radius 2 is 1.98 bits per heavy atom. The molecule has 0 radical (unpaired) electrons. The predicted octanol–water partition coefficient (Wildman–Crippen LogP) is 3.07. The number of aliphatic carboxylic acids is 1. The van der Waals surface area contributed by atoms with E-state index in [1.165, 1.54) is 44.5 Å². The highest BCUT2D eigenvalue weighted by Crippen LogP contribution is 2.45. The Kier molecular flexibility index (Phi) is 9.42. The number of fused-ring (bicyclic) bond motifs is 2. The molecule has 49 heavy (non-hydrogen) atoms. The molecule has 0 unspecified atom stereocenters. The van der Waals surface area contributed by atoms with E-state index < -0.39 is 58.7 Å². The molecular weight excluding hydrogens is 652 g/mol. The minimum atomic E-state index is -1.49. The summed E-state index contributed by atoms with van der Waals surface area (Å²) in [7, 11) is 0. The number of carboxylic acid groups (broad SMARTS) is 1. The van der Waals surface area contributed by atoms with Crippen molar-refractivity contribution in [1.82, 2.24) is 40.1 Å². The van der Waals surface area contributed by atoms with Gasteiger partial charge in [0.1, 0.15) is 35.9 Å². The van der Waals surface area contributed by atoms with Crippen molar-refractivity contribution < 1.29 is 29.0 Å². The fourth-order valence-electron chi connectivity index (χ4n) is 6.61. The molecule has 5 heterocycles. The van der Waals surface area contributed by atoms with Crippen molar-refractivity contribution in [2.24, 2.45) is 5.92 Å². The van der Waals surface area contributed by atoms with Crippen LogP contribution in [0.5, 0.6) is 0 Å². The van der Waals surface area contributed by atoms with Crippen LogP contribution in [0.3, 0.4) is 0 Å². The number of carboxylic acids is 1. The van der Waals surface area contributed by atoms with Gasteiger partial charge in [0.15, 0.2) is 0 Å². The first kappa shape index (κ1) is 34.0. The Morgan fingerprint density at radius 1 is 1.16 bits per heavy atom. The summed E-state index contributed by atoms with van der Waals surface area (Å²) in [5.41, 5.74) is -1.37. The molecular formula is C33H40N8O7S. The Hall–Kier alpha value is -4.86. The lowest BCUT2D eigenvalue weighted by atomic mass is 10.0. The van der Waals surface area contributed by atoms with Crippen molar-refractivity contribution in [3.63, 3.8) is 0 Å². The van der Waals surface area contributed by atoms with E-state index >= 15 is 0 Å². The standard InChI is InChI=1S/C33H40N8O7S/c1-32(2,3)48-31(47)37-23-10-8-6-4-5-7-9-21-14-33(21,30(45)46)38-27(42)24-13-22(16-39(24)28(23)43)41-29(44)26(20-11-12-49-17-20)25(15-35-41)40-19-34-18-36-40/h7,9,11-12,15,17-19,21-24H,4-6,8,10,13-14,16H2,1-3H3,(H,37,47)(H,38,42)(H,45,46)/b9-7-/t21-,22+,23-,24-,33+/m0/s1. The summed E-state index contributed by atoms with van der Waals surface area (Å²) in [6.07, 6.45) is 10.7. The quantitative estimate of drug-likeness (QED) is 0.335.